The maximum Gasteiger partial charge on any atom is 0.163 e. The van der Waals surface area contributed by atoms with Crippen molar-refractivity contribution in [1.29, 1.82) is 0 Å². The van der Waals surface area contributed by atoms with Crippen molar-refractivity contribution in [2.45, 2.75) is 0 Å². The molecule has 0 aliphatic heterocycles. The second kappa shape index (κ2) is 3.93. The van der Waals surface area contributed by atoms with E-state index in [2.05, 4.69) is 10.3 Å². The van der Waals surface area contributed by atoms with Gasteiger partial charge in [-0.05, 0) is 0 Å². The molecule has 1 N–H and O–H groups in total. The minimum atomic E-state index is 0. The molecule has 1 aromatic heterocycles. The average Bonchev–Trinajstić information content (AvgIpc) is 2.14. The summed E-state index contributed by atoms with van der Waals surface area (Å²) in [6, 6.07) is 0. The van der Waals surface area contributed by atoms with E-state index in [1.807, 2.05) is 7.05 Å². The zero-order valence-electron chi connectivity index (χ0n) is 4.72. The van der Waals surface area contributed by atoms with Crippen molar-refractivity contribution in [3.8, 4) is 0 Å². The van der Waals surface area contributed by atoms with Gasteiger partial charge in [-0.15, -0.1) is 23.7 Å². The Morgan fingerprint density at radius 1 is 1.78 bits per heavy atom. The van der Waals surface area contributed by atoms with Gasteiger partial charge in [0, 0.05) is 7.05 Å². The first-order valence-corrected chi connectivity index (χ1v) is 3.37. The molecule has 9 heavy (non-hydrogen) atoms. The van der Waals surface area contributed by atoms with Crippen molar-refractivity contribution in [1.82, 2.24) is 4.98 Å². The number of nitrogens with zero attached hydrogens (tertiary/aromatic N) is 1. The number of hydrogen-bond donors (Lipinski definition) is 1. The highest BCUT2D eigenvalue weighted by atomic mass is 35.5. The third kappa shape index (κ3) is 2.01. The molecule has 0 atom stereocenters. The van der Waals surface area contributed by atoms with Crippen molar-refractivity contribution in [2.75, 3.05) is 12.4 Å². The fourth-order valence-corrected chi connectivity index (χ4v) is 1.26. The van der Waals surface area contributed by atoms with Crippen LogP contribution in [0.2, 0.25) is 5.15 Å². The van der Waals surface area contributed by atoms with E-state index in [1.165, 1.54) is 11.3 Å². The van der Waals surface area contributed by atoms with E-state index in [-0.39, 0.29) is 12.4 Å². The predicted octanol–water partition coefficient (Wildman–Crippen LogP) is 2.26. The van der Waals surface area contributed by atoms with Crippen LogP contribution in [0.15, 0.2) is 5.51 Å². The molecule has 0 aromatic carbocycles. The standard InChI is InChI=1S/C4H5ClN2S.ClH/c1-6-4-3(5)7-2-8-4;/h2,6H,1H3;1H. The molecular formula is C4H6Cl2N2S. The molecule has 0 spiro atoms. The largest absolute Gasteiger partial charge is 0.377 e. The van der Waals surface area contributed by atoms with Crippen LogP contribution >= 0.6 is 35.3 Å². The van der Waals surface area contributed by atoms with Crippen molar-refractivity contribution in [3.63, 3.8) is 0 Å². The zero-order chi connectivity index (χ0) is 5.98. The Kier molecular flexibility index (Phi) is 3.93. The van der Waals surface area contributed by atoms with Crippen LogP contribution in [0.4, 0.5) is 5.00 Å². The highest BCUT2D eigenvalue weighted by Crippen LogP contribution is 2.23. The van der Waals surface area contributed by atoms with Crippen LogP contribution in [-0.2, 0) is 0 Å². The van der Waals surface area contributed by atoms with Gasteiger partial charge in [-0.2, -0.15) is 0 Å². The number of nitrogens with one attached hydrogen (secondary N) is 1. The first-order valence-electron chi connectivity index (χ1n) is 2.11. The monoisotopic (exact) mass is 184 g/mol. The molecule has 0 saturated carbocycles. The van der Waals surface area contributed by atoms with E-state index >= 15 is 0 Å². The van der Waals surface area contributed by atoms with Crippen LogP contribution in [0.25, 0.3) is 0 Å². The Hall–Kier alpha value is 0.01000. The summed E-state index contributed by atoms with van der Waals surface area (Å²) < 4.78 is 0. The molecule has 0 saturated heterocycles. The molecule has 0 amide bonds. The first-order chi connectivity index (χ1) is 3.84. The molecule has 2 nitrogen and oxygen atoms in total. The summed E-state index contributed by atoms with van der Waals surface area (Å²) in [7, 11) is 1.82. The van der Waals surface area contributed by atoms with E-state index < -0.39 is 0 Å². The van der Waals surface area contributed by atoms with Crippen LogP contribution in [0, 0.1) is 0 Å². The lowest BCUT2D eigenvalue weighted by Crippen LogP contribution is -1.82. The topological polar surface area (TPSA) is 24.9 Å². The SMILES string of the molecule is CNc1scnc1Cl.Cl. The Bertz CT molecular complexity index is 177. The smallest absolute Gasteiger partial charge is 0.163 e. The zero-order valence-corrected chi connectivity index (χ0v) is 7.11. The molecule has 1 aromatic rings. The van der Waals surface area contributed by atoms with Crippen LogP contribution in [0.1, 0.15) is 0 Å². The van der Waals surface area contributed by atoms with Crippen LogP contribution in [0.5, 0.6) is 0 Å². The Morgan fingerprint density at radius 3 is 2.67 bits per heavy atom. The minimum absolute atomic E-state index is 0. The van der Waals surface area contributed by atoms with E-state index in [9.17, 15) is 0 Å². The molecule has 0 unspecified atom stereocenters. The molecule has 0 fully saturated rings. The van der Waals surface area contributed by atoms with Gasteiger partial charge in [0.1, 0.15) is 5.00 Å². The molecule has 52 valence electrons. The fourth-order valence-electron chi connectivity index (χ4n) is 0.395. The number of halogens is 2. The number of anilines is 1. The molecule has 1 rings (SSSR count). The van der Waals surface area contributed by atoms with E-state index in [0.29, 0.717) is 5.15 Å². The highest BCUT2D eigenvalue weighted by Gasteiger charge is 1.96. The van der Waals surface area contributed by atoms with Gasteiger partial charge in [0.25, 0.3) is 0 Å². The summed E-state index contributed by atoms with van der Waals surface area (Å²) in [5, 5.41) is 4.38. The summed E-state index contributed by atoms with van der Waals surface area (Å²) in [4.78, 5) is 3.81. The molecule has 0 aliphatic carbocycles. The maximum atomic E-state index is 5.58. The van der Waals surface area contributed by atoms with Gasteiger partial charge in [-0.3, -0.25) is 0 Å². The van der Waals surface area contributed by atoms with E-state index in [0.717, 1.165) is 5.00 Å². The second-order valence-corrected chi connectivity index (χ2v) is 2.44. The number of aromatic nitrogens is 1. The average molecular weight is 185 g/mol. The summed E-state index contributed by atoms with van der Waals surface area (Å²) in [6.45, 7) is 0. The minimum Gasteiger partial charge on any atom is -0.377 e. The Morgan fingerprint density at radius 2 is 2.44 bits per heavy atom. The van der Waals surface area contributed by atoms with Crippen LogP contribution in [0.3, 0.4) is 0 Å². The summed E-state index contributed by atoms with van der Waals surface area (Å²) in [5.74, 6) is 0. The lowest BCUT2D eigenvalue weighted by molar-refractivity contribution is 1.41. The first kappa shape index (κ1) is 9.01. The molecule has 0 radical (unpaired) electrons. The fraction of sp³-hybridized carbons (Fsp3) is 0.250. The summed E-state index contributed by atoms with van der Waals surface area (Å²) in [5.41, 5.74) is 1.70. The third-order valence-electron chi connectivity index (χ3n) is 0.751. The van der Waals surface area contributed by atoms with Gasteiger partial charge in [-0.1, -0.05) is 11.6 Å². The van der Waals surface area contributed by atoms with Crippen molar-refractivity contribution in [2.24, 2.45) is 0 Å². The molecule has 5 heteroatoms. The number of thiazole rings is 1. The second-order valence-electron chi connectivity index (χ2n) is 1.22. The lowest BCUT2D eigenvalue weighted by atomic mass is 10.8. The van der Waals surface area contributed by atoms with Crippen molar-refractivity contribution >= 4 is 40.3 Å². The Balaban J connectivity index is 0.000000640. The van der Waals surface area contributed by atoms with Gasteiger partial charge in [0.2, 0.25) is 0 Å². The molecule has 0 bridgehead atoms. The quantitative estimate of drug-likeness (QED) is 0.725. The number of rotatable bonds is 1. The summed E-state index contributed by atoms with van der Waals surface area (Å²) in [6.07, 6.45) is 0. The van der Waals surface area contributed by atoms with Crippen molar-refractivity contribution in [3.05, 3.63) is 10.7 Å². The van der Waals surface area contributed by atoms with Gasteiger partial charge in [-0.25, -0.2) is 4.98 Å². The highest BCUT2D eigenvalue weighted by molar-refractivity contribution is 7.14. The normalized spacial score (nSPS) is 8.22. The maximum absolute atomic E-state index is 5.58. The van der Waals surface area contributed by atoms with Gasteiger partial charge < -0.3 is 5.32 Å². The van der Waals surface area contributed by atoms with E-state index in [4.69, 9.17) is 11.6 Å². The Labute approximate surface area is 68.7 Å². The van der Waals surface area contributed by atoms with Gasteiger partial charge in [0.05, 0.1) is 5.51 Å². The summed E-state index contributed by atoms with van der Waals surface area (Å²) >= 11 is 7.07. The van der Waals surface area contributed by atoms with Gasteiger partial charge >= 0.3 is 0 Å². The van der Waals surface area contributed by atoms with Crippen LogP contribution < -0.4 is 5.32 Å². The number of hydrogen-bond acceptors (Lipinski definition) is 3. The van der Waals surface area contributed by atoms with Gasteiger partial charge in [0.15, 0.2) is 5.15 Å². The molecule has 0 aliphatic rings. The lowest BCUT2D eigenvalue weighted by Gasteiger charge is -1.88. The predicted molar refractivity (Wildman–Crippen MR) is 43.9 cm³/mol. The van der Waals surface area contributed by atoms with E-state index in [1.54, 1.807) is 5.51 Å². The van der Waals surface area contributed by atoms with Crippen LogP contribution in [-0.4, -0.2) is 12.0 Å². The third-order valence-corrected chi connectivity index (χ3v) is 1.99. The molecule has 1 heterocycles. The van der Waals surface area contributed by atoms with Crippen molar-refractivity contribution < 1.29 is 0 Å². The molecular weight excluding hydrogens is 179 g/mol.